The van der Waals surface area contributed by atoms with Crippen molar-refractivity contribution in [3.8, 4) is 5.75 Å². The van der Waals surface area contributed by atoms with E-state index in [1.807, 2.05) is 0 Å². The molecule has 0 heterocycles. The molecule has 0 radical (unpaired) electrons. The highest BCUT2D eigenvalue weighted by Crippen LogP contribution is 2.25. The molecule has 2 atom stereocenters. The number of benzene rings is 1. The second-order valence-electron chi connectivity index (χ2n) is 4.35. The summed E-state index contributed by atoms with van der Waals surface area (Å²) in [7, 11) is -2.33. The number of amides is 1. The molecule has 1 aliphatic carbocycles. The molecule has 5 N–H and O–H groups in total. The topological polar surface area (TPSA) is 125 Å². The van der Waals surface area contributed by atoms with Crippen molar-refractivity contribution < 1.29 is 17.9 Å². The lowest BCUT2D eigenvalue weighted by Crippen LogP contribution is -2.30. The van der Waals surface area contributed by atoms with Gasteiger partial charge in [0.1, 0.15) is 5.75 Å². The summed E-state index contributed by atoms with van der Waals surface area (Å²) in [5.74, 6) is -0.522. The SMILES string of the molecule is COc1ccc(S(=O)(=O)NC2CC2N)cc1C(N)=O. The number of carbonyl (C=O) groups excluding carboxylic acids is 1. The Morgan fingerprint density at radius 1 is 1.47 bits per heavy atom. The van der Waals surface area contributed by atoms with E-state index in [0.717, 1.165) is 0 Å². The average molecular weight is 285 g/mol. The van der Waals surface area contributed by atoms with Crippen molar-refractivity contribution in [3.05, 3.63) is 23.8 Å². The molecule has 0 aliphatic heterocycles. The zero-order valence-corrected chi connectivity index (χ0v) is 11.1. The van der Waals surface area contributed by atoms with E-state index >= 15 is 0 Å². The van der Waals surface area contributed by atoms with Gasteiger partial charge in [-0.25, -0.2) is 13.1 Å². The summed E-state index contributed by atoms with van der Waals surface area (Å²) < 4.78 is 31.5. The molecule has 1 amide bonds. The van der Waals surface area contributed by atoms with Gasteiger partial charge >= 0.3 is 0 Å². The van der Waals surface area contributed by atoms with Gasteiger partial charge < -0.3 is 16.2 Å². The summed E-state index contributed by atoms with van der Waals surface area (Å²) in [6.07, 6.45) is 0.609. The summed E-state index contributed by atoms with van der Waals surface area (Å²) in [6, 6.07) is 3.54. The smallest absolute Gasteiger partial charge is 0.252 e. The molecule has 7 nitrogen and oxygen atoms in total. The Kier molecular flexibility index (Phi) is 3.48. The fraction of sp³-hybridized carbons (Fsp3) is 0.364. The molecule has 0 bridgehead atoms. The van der Waals surface area contributed by atoms with Crippen molar-refractivity contribution in [2.24, 2.45) is 11.5 Å². The second-order valence-corrected chi connectivity index (χ2v) is 6.07. The monoisotopic (exact) mass is 285 g/mol. The maximum Gasteiger partial charge on any atom is 0.252 e. The second kappa shape index (κ2) is 4.80. The minimum atomic E-state index is -3.70. The number of methoxy groups -OCH3 is 1. The van der Waals surface area contributed by atoms with E-state index in [0.29, 0.717) is 6.42 Å². The maximum atomic E-state index is 12.0. The first-order chi connectivity index (χ1) is 8.85. The van der Waals surface area contributed by atoms with Crippen molar-refractivity contribution in [1.82, 2.24) is 4.72 Å². The van der Waals surface area contributed by atoms with Crippen LogP contribution in [0.25, 0.3) is 0 Å². The van der Waals surface area contributed by atoms with Gasteiger partial charge in [-0.2, -0.15) is 0 Å². The fourth-order valence-corrected chi connectivity index (χ4v) is 2.99. The van der Waals surface area contributed by atoms with Gasteiger partial charge in [-0.3, -0.25) is 4.79 Å². The van der Waals surface area contributed by atoms with Crippen molar-refractivity contribution in [1.29, 1.82) is 0 Å². The Labute approximate surface area is 111 Å². The Hall–Kier alpha value is -1.64. The minimum absolute atomic E-state index is 0.0190. The number of hydrogen-bond donors (Lipinski definition) is 3. The standard InChI is InChI=1S/C11H15N3O4S/c1-18-10-3-2-6(4-7(10)11(13)15)19(16,17)14-9-5-8(9)12/h2-4,8-9,14H,5,12H2,1H3,(H2,13,15). The quantitative estimate of drug-likeness (QED) is 0.651. The molecule has 1 saturated carbocycles. The molecule has 0 aromatic heterocycles. The Morgan fingerprint density at radius 3 is 2.58 bits per heavy atom. The lowest BCUT2D eigenvalue weighted by atomic mass is 10.2. The molecule has 8 heteroatoms. The summed E-state index contributed by atoms with van der Waals surface area (Å²) in [6.45, 7) is 0. The lowest BCUT2D eigenvalue weighted by Gasteiger charge is -2.09. The molecular weight excluding hydrogens is 270 g/mol. The molecule has 2 rings (SSSR count). The van der Waals surface area contributed by atoms with Gasteiger partial charge in [0, 0.05) is 12.1 Å². The van der Waals surface area contributed by atoms with Crippen molar-refractivity contribution in [2.45, 2.75) is 23.4 Å². The zero-order valence-electron chi connectivity index (χ0n) is 10.3. The van der Waals surface area contributed by atoms with E-state index in [4.69, 9.17) is 16.2 Å². The molecule has 104 valence electrons. The predicted octanol–water partition coefficient (Wildman–Crippen LogP) is -0.828. The van der Waals surface area contributed by atoms with Crippen LogP contribution in [-0.4, -0.2) is 33.5 Å². The number of rotatable bonds is 5. The van der Waals surface area contributed by atoms with Crippen LogP contribution in [0.4, 0.5) is 0 Å². The first-order valence-corrected chi connectivity index (χ1v) is 7.09. The summed E-state index contributed by atoms with van der Waals surface area (Å²) in [5.41, 5.74) is 10.8. The molecule has 0 spiro atoms. The molecule has 19 heavy (non-hydrogen) atoms. The fourth-order valence-electron chi connectivity index (χ4n) is 1.66. The summed E-state index contributed by atoms with van der Waals surface area (Å²) in [4.78, 5) is 11.2. The van der Waals surface area contributed by atoms with E-state index in [2.05, 4.69) is 4.72 Å². The lowest BCUT2D eigenvalue weighted by molar-refractivity contribution is 0.0997. The van der Waals surface area contributed by atoms with Gasteiger partial charge in [-0.15, -0.1) is 0 Å². The normalized spacial score (nSPS) is 22.0. The van der Waals surface area contributed by atoms with Crippen LogP contribution in [0.1, 0.15) is 16.8 Å². The Morgan fingerprint density at radius 2 is 2.11 bits per heavy atom. The molecule has 1 aliphatic rings. The first-order valence-electron chi connectivity index (χ1n) is 5.61. The van der Waals surface area contributed by atoms with E-state index in [1.165, 1.54) is 25.3 Å². The first kappa shape index (κ1) is 13.8. The molecule has 1 aromatic rings. The number of nitrogens with one attached hydrogen (secondary N) is 1. The third-order valence-electron chi connectivity index (χ3n) is 2.89. The molecule has 1 aromatic carbocycles. The Bertz CT molecular complexity index is 614. The number of sulfonamides is 1. The van der Waals surface area contributed by atoms with Crippen LogP contribution in [0.2, 0.25) is 0 Å². The summed E-state index contributed by atoms with van der Waals surface area (Å²) in [5, 5.41) is 0. The molecule has 1 fully saturated rings. The van der Waals surface area contributed by atoms with Gasteiger partial charge in [-0.1, -0.05) is 0 Å². The van der Waals surface area contributed by atoms with Crippen LogP contribution >= 0.6 is 0 Å². The van der Waals surface area contributed by atoms with Gasteiger partial charge in [0.05, 0.1) is 17.6 Å². The molecule has 2 unspecified atom stereocenters. The number of hydrogen-bond acceptors (Lipinski definition) is 5. The summed E-state index contributed by atoms with van der Waals surface area (Å²) >= 11 is 0. The third-order valence-corrected chi connectivity index (χ3v) is 4.38. The van der Waals surface area contributed by atoms with Gasteiger partial charge in [0.2, 0.25) is 10.0 Å². The highest BCUT2D eigenvalue weighted by atomic mass is 32.2. The maximum absolute atomic E-state index is 12.0. The van der Waals surface area contributed by atoms with Gasteiger partial charge in [0.25, 0.3) is 5.91 Å². The number of nitrogens with two attached hydrogens (primary N) is 2. The Balaban J connectivity index is 2.34. The largest absolute Gasteiger partial charge is 0.496 e. The van der Waals surface area contributed by atoms with Gasteiger partial charge in [0.15, 0.2) is 0 Å². The molecule has 0 saturated heterocycles. The van der Waals surface area contributed by atoms with Crippen LogP contribution in [0.5, 0.6) is 5.75 Å². The van der Waals surface area contributed by atoms with Crippen LogP contribution in [0.3, 0.4) is 0 Å². The van der Waals surface area contributed by atoms with E-state index in [1.54, 1.807) is 0 Å². The van der Waals surface area contributed by atoms with Crippen molar-refractivity contribution in [2.75, 3.05) is 7.11 Å². The van der Waals surface area contributed by atoms with Crippen molar-refractivity contribution in [3.63, 3.8) is 0 Å². The highest BCUT2D eigenvalue weighted by Gasteiger charge is 2.37. The highest BCUT2D eigenvalue weighted by molar-refractivity contribution is 7.89. The number of carbonyl (C=O) groups is 1. The van der Waals surface area contributed by atoms with Crippen LogP contribution in [0, 0.1) is 0 Å². The minimum Gasteiger partial charge on any atom is -0.496 e. The van der Waals surface area contributed by atoms with Crippen LogP contribution in [-0.2, 0) is 10.0 Å². The zero-order chi connectivity index (χ0) is 14.2. The molecular formula is C11H15N3O4S. The number of primary amides is 1. The third kappa shape index (κ3) is 2.86. The van der Waals surface area contributed by atoms with E-state index in [9.17, 15) is 13.2 Å². The van der Waals surface area contributed by atoms with Crippen LogP contribution in [0.15, 0.2) is 23.1 Å². The van der Waals surface area contributed by atoms with Crippen LogP contribution < -0.4 is 20.9 Å². The van der Waals surface area contributed by atoms with Gasteiger partial charge in [-0.05, 0) is 24.6 Å². The predicted molar refractivity (Wildman–Crippen MR) is 68.2 cm³/mol. The average Bonchev–Trinajstić information content (AvgIpc) is 3.02. The van der Waals surface area contributed by atoms with E-state index < -0.39 is 15.9 Å². The number of ether oxygens (including phenoxy) is 1. The van der Waals surface area contributed by atoms with Crippen molar-refractivity contribution >= 4 is 15.9 Å². The van der Waals surface area contributed by atoms with E-state index in [-0.39, 0.29) is 28.3 Å².